The molecule has 160 valence electrons. The predicted octanol–water partition coefficient (Wildman–Crippen LogP) is 3.17. The summed E-state index contributed by atoms with van der Waals surface area (Å²) in [5.74, 6) is -2.69. The minimum absolute atomic E-state index is 0.0286. The monoisotopic (exact) mass is 441 g/mol. The van der Waals surface area contributed by atoms with E-state index in [0.717, 1.165) is 0 Å². The van der Waals surface area contributed by atoms with Crippen molar-refractivity contribution < 1.29 is 19.0 Å². The number of allylic oxidation sites excluding steroid dienone is 3. The van der Waals surface area contributed by atoms with E-state index >= 15 is 0 Å². The molecular formula is C21H20ClN5O4. The smallest absolute Gasteiger partial charge is 0.334 e. The number of nitrogens with two attached hydrogens (primary N) is 1. The molecule has 1 amide bonds. The maximum absolute atomic E-state index is 13.0. The normalized spacial score (nSPS) is 18.5. The van der Waals surface area contributed by atoms with Crippen molar-refractivity contribution >= 4 is 34.9 Å². The lowest BCUT2D eigenvalue weighted by molar-refractivity contribution is -0.139. The van der Waals surface area contributed by atoms with E-state index < -0.39 is 23.7 Å². The molecule has 3 N–H and O–H groups in total. The van der Waals surface area contributed by atoms with Gasteiger partial charge < -0.3 is 15.8 Å². The van der Waals surface area contributed by atoms with Crippen LogP contribution in [0.25, 0.3) is 5.57 Å². The Balaban J connectivity index is 2.30. The number of amides is 1. The molecule has 0 radical (unpaired) electrons. The van der Waals surface area contributed by atoms with E-state index in [-0.39, 0.29) is 35.0 Å². The van der Waals surface area contributed by atoms with Gasteiger partial charge in [0.1, 0.15) is 0 Å². The summed E-state index contributed by atoms with van der Waals surface area (Å²) in [5, 5.41) is 20.5. The van der Waals surface area contributed by atoms with E-state index in [1.165, 1.54) is 6.92 Å². The topological polar surface area (TPSA) is 144 Å². The summed E-state index contributed by atoms with van der Waals surface area (Å²) in [6.07, 6.45) is 0. The number of carbonyl (C=O) groups excluding carboxylic acids is 2. The van der Waals surface area contributed by atoms with E-state index in [2.05, 4.69) is 21.7 Å². The molecule has 0 fully saturated rings. The average molecular weight is 442 g/mol. The van der Waals surface area contributed by atoms with Crippen molar-refractivity contribution in [2.24, 2.45) is 11.7 Å². The predicted molar refractivity (Wildman–Crippen MR) is 112 cm³/mol. The molecular weight excluding hydrogens is 422 g/mol. The molecule has 0 bridgehead atoms. The number of anilines is 1. The molecule has 1 heterocycles. The summed E-state index contributed by atoms with van der Waals surface area (Å²) in [4.78, 5) is 24.6. The molecule has 3 rings (SSSR count). The van der Waals surface area contributed by atoms with Gasteiger partial charge in [-0.1, -0.05) is 29.8 Å². The van der Waals surface area contributed by atoms with Gasteiger partial charge in [-0.2, -0.15) is 5.26 Å². The van der Waals surface area contributed by atoms with Gasteiger partial charge in [0.25, 0.3) is 0 Å². The van der Waals surface area contributed by atoms with Crippen molar-refractivity contribution in [2.45, 2.75) is 26.7 Å². The van der Waals surface area contributed by atoms with Crippen LogP contribution in [0.1, 0.15) is 37.9 Å². The highest BCUT2D eigenvalue weighted by Gasteiger charge is 2.42. The van der Waals surface area contributed by atoms with Crippen molar-refractivity contribution in [3.05, 3.63) is 57.4 Å². The maximum Gasteiger partial charge on any atom is 0.334 e. The molecule has 31 heavy (non-hydrogen) atoms. The maximum atomic E-state index is 13.0. The highest BCUT2D eigenvalue weighted by Crippen LogP contribution is 2.48. The van der Waals surface area contributed by atoms with Crippen LogP contribution < -0.4 is 11.1 Å². The lowest BCUT2D eigenvalue weighted by Gasteiger charge is -2.32. The second-order valence-corrected chi connectivity index (χ2v) is 7.25. The van der Waals surface area contributed by atoms with Crippen molar-refractivity contribution in [1.82, 2.24) is 10.3 Å². The molecule has 0 spiro atoms. The van der Waals surface area contributed by atoms with Crippen molar-refractivity contribution in [3.8, 4) is 6.07 Å². The largest absolute Gasteiger partial charge is 0.463 e. The molecule has 2 atom stereocenters. The van der Waals surface area contributed by atoms with E-state index in [0.29, 0.717) is 16.2 Å². The number of nitrogens with one attached hydrogen (secondary N) is 1. The van der Waals surface area contributed by atoms with Gasteiger partial charge in [0.2, 0.25) is 11.7 Å². The number of hydrogen-bond donors (Lipinski definition) is 2. The van der Waals surface area contributed by atoms with Gasteiger partial charge in [-0.25, -0.2) is 9.42 Å². The fourth-order valence-electron chi connectivity index (χ4n) is 3.70. The summed E-state index contributed by atoms with van der Waals surface area (Å²) in [7, 11) is 0. The second kappa shape index (κ2) is 9.02. The fourth-order valence-corrected chi connectivity index (χ4v) is 3.95. The number of rotatable bonds is 5. The third-order valence-electron chi connectivity index (χ3n) is 4.94. The molecule has 1 aliphatic carbocycles. The van der Waals surface area contributed by atoms with Crippen LogP contribution in [0.2, 0.25) is 5.02 Å². The third-order valence-corrected chi connectivity index (χ3v) is 5.29. The number of hydrogen-bond acceptors (Lipinski definition) is 8. The van der Waals surface area contributed by atoms with Crippen LogP contribution in [0.3, 0.4) is 0 Å². The molecule has 1 aromatic carbocycles. The van der Waals surface area contributed by atoms with E-state index in [9.17, 15) is 14.9 Å². The second-order valence-electron chi connectivity index (χ2n) is 6.84. The molecule has 10 heteroatoms. The number of benzene rings is 1. The van der Waals surface area contributed by atoms with E-state index in [1.54, 1.807) is 38.1 Å². The quantitative estimate of drug-likeness (QED) is 0.673. The first-order valence-electron chi connectivity index (χ1n) is 9.44. The van der Waals surface area contributed by atoms with E-state index in [1.807, 2.05) is 0 Å². The van der Waals surface area contributed by atoms with Crippen molar-refractivity contribution in [3.63, 3.8) is 0 Å². The Morgan fingerprint density at radius 2 is 2.06 bits per heavy atom. The molecule has 0 saturated carbocycles. The van der Waals surface area contributed by atoms with Gasteiger partial charge in [-0.15, -0.1) is 0 Å². The van der Waals surface area contributed by atoms with Gasteiger partial charge >= 0.3 is 5.97 Å². The van der Waals surface area contributed by atoms with Gasteiger partial charge in [0.05, 0.1) is 24.2 Å². The number of carbonyl (C=O) groups is 2. The Labute approximate surface area is 183 Å². The van der Waals surface area contributed by atoms with Gasteiger partial charge in [0, 0.05) is 29.1 Å². The molecule has 2 aromatic rings. The van der Waals surface area contributed by atoms with Crippen LogP contribution in [0.15, 0.2) is 45.7 Å². The van der Waals surface area contributed by atoms with Gasteiger partial charge in [0.15, 0.2) is 5.69 Å². The summed E-state index contributed by atoms with van der Waals surface area (Å²) in [5.41, 5.74) is 8.20. The number of nitriles is 1. The molecule has 9 nitrogen and oxygen atoms in total. The number of halogens is 1. The lowest BCUT2D eigenvalue weighted by atomic mass is 9.71. The first-order chi connectivity index (χ1) is 14.8. The van der Waals surface area contributed by atoms with Crippen LogP contribution >= 0.6 is 11.6 Å². The lowest BCUT2D eigenvalue weighted by Crippen LogP contribution is -2.31. The number of ether oxygens (including phenoxy) is 1. The fraction of sp³-hybridized carbons (Fsp3) is 0.286. The minimum atomic E-state index is -0.958. The number of esters is 1. The van der Waals surface area contributed by atoms with Crippen LogP contribution in [0.5, 0.6) is 0 Å². The molecule has 0 aliphatic heterocycles. The Bertz CT molecular complexity index is 1140. The zero-order valence-electron chi connectivity index (χ0n) is 17.1. The highest BCUT2D eigenvalue weighted by atomic mass is 35.5. The first kappa shape index (κ1) is 22.1. The summed E-state index contributed by atoms with van der Waals surface area (Å²) in [6.45, 7) is 4.79. The summed E-state index contributed by atoms with van der Waals surface area (Å²) >= 11 is 6.41. The minimum Gasteiger partial charge on any atom is -0.463 e. The first-order valence-corrected chi connectivity index (χ1v) is 9.82. The summed E-state index contributed by atoms with van der Waals surface area (Å²) < 4.78 is 10.1. The zero-order valence-corrected chi connectivity index (χ0v) is 17.9. The standard InChI is InChI=1S/C21H20ClN5O4/c1-4-30-21(29)15-10(2)16(19-20(25-11(3)28)27-31-26-19)18(24)13(9-23)17(15)12-7-5-6-8-14(12)22/h5-8,13,17H,4,24H2,1-3H3,(H,25,27,28). The molecule has 1 aromatic heterocycles. The number of aromatic nitrogens is 2. The Morgan fingerprint density at radius 3 is 2.68 bits per heavy atom. The number of nitrogens with zero attached hydrogens (tertiary/aromatic N) is 3. The van der Waals surface area contributed by atoms with Crippen LogP contribution in [-0.2, 0) is 14.3 Å². The Kier molecular flexibility index (Phi) is 6.42. The zero-order chi connectivity index (χ0) is 22.7. The van der Waals surface area contributed by atoms with Crippen LogP contribution in [0, 0.1) is 17.2 Å². The van der Waals surface area contributed by atoms with Crippen LogP contribution in [-0.4, -0.2) is 28.8 Å². The third kappa shape index (κ3) is 4.02. The van der Waals surface area contributed by atoms with Crippen molar-refractivity contribution in [1.29, 1.82) is 5.26 Å². The Hall–Kier alpha value is -3.64. The molecule has 2 unspecified atom stereocenters. The Morgan fingerprint density at radius 1 is 1.35 bits per heavy atom. The SMILES string of the molecule is CCOC(=O)C1=C(C)C(c2nonc2NC(C)=O)=C(N)C(C#N)C1c1ccccc1Cl. The van der Waals surface area contributed by atoms with Crippen LogP contribution in [0.4, 0.5) is 5.82 Å². The van der Waals surface area contributed by atoms with Gasteiger partial charge in [-0.3, -0.25) is 4.79 Å². The van der Waals surface area contributed by atoms with E-state index in [4.69, 9.17) is 26.7 Å². The molecule has 0 saturated heterocycles. The highest BCUT2D eigenvalue weighted by molar-refractivity contribution is 6.31. The summed E-state index contributed by atoms with van der Waals surface area (Å²) in [6, 6.07) is 9.11. The van der Waals surface area contributed by atoms with Crippen molar-refractivity contribution in [2.75, 3.05) is 11.9 Å². The molecule has 1 aliphatic rings. The van der Waals surface area contributed by atoms with Gasteiger partial charge in [-0.05, 0) is 41.4 Å². The average Bonchev–Trinajstić information content (AvgIpc) is 3.15.